The first-order valence-corrected chi connectivity index (χ1v) is 5.50. The molecule has 0 aliphatic carbocycles. The maximum absolute atomic E-state index is 11.3. The molecule has 0 atom stereocenters. The van der Waals surface area contributed by atoms with Gasteiger partial charge in [-0.2, -0.15) is 0 Å². The lowest BCUT2D eigenvalue weighted by Crippen LogP contribution is -2.15. The molecule has 0 saturated carbocycles. The van der Waals surface area contributed by atoms with Gasteiger partial charge in [-0.1, -0.05) is 0 Å². The van der Waals surface area contributed by atoms with Gasteiger partial charge in [0.05, 0.1) is 11.1 Å². The fourth-order valence-corrected chi connectivity index (χ4v) is 1.94. The van der Waals surface area contributed by atoms with Gasteiger partial charge in [-0.25, -0.2) is 9.59 Å². The molecule has 7 nitrogen and oxygen atoms in total. The van der Waals surface area contributed by atoms with Crippen LogP contribution in [0.1, 0.15) is 31.8 Å². The number of benzene rings is 1. The van der Waals surface area contributed by atoms with Crippen molar-refractivity contribution in [3.05, 3.63) is 28.3 Å². The molecule has 5 N–H and O–H groups in total. The summed E-state index contributed by atoms with van der Waals surface area (Å²) in [6.07, 6.45) is -0.284. The molecular weight excluding hydrogens is 256 g/mol. The first-order valence-electron chi connectivity index (χ1n) is 5.50. The zero-order valence-corrected chi connectivity index (χ0v) is 9.96. The SMILES string of the molecule is O=C(O)c1cc(O)c(CCO)c(C(=O)O)c1CCO. The highest BCUT2D eigenvalue weighted by atomic mass is 16.4. The first kappa shape index (κ1) is 14.9. The molecule has 1 rings (SSSR count). The number of aliphatic hydroxyl groups is 2. The van der Waals surface area contributed by atoms with E-state index in [-0.39, 0.29) is 35.1 Å². The second kappa shape index (κ2) is 6.17. The van der Waals surface area contributed by atoms with E-state index in [9.17, 15) is 14.7 Å². The van der Waals surface area contributed by atoms with Gasteiger partial charge in [0.2, 0.25) is 0 Å². The molecular formula is C12H14O7. The van der Waals surface area contributed by atoms with E-state index < -0.39 is 30.9 Å². The summed E-state index contributed by atoms with van der Waals surface area (Å²) >= 11 is 0. The van der Waals surface area contributed by atoms with E-state index in [0.717, 1.165) is 6.07 Å². The highest BCUT2D eigenvalue weighted by molar-refractivity contribution is 5.98. The summed E-state index contributed by atoms with van der Waals surface area (Å²) in [7, 11) is 0. The number of aliphatic hydroxyl groups excluding tert-OH is 2. The maximum Gasteiger partial charge on any atom is 0.336 e. The molecule has 0 radical (unpaired) electrons. The molecule has 0 aliphatic heterocycles. The van der Waals surface area contributed by atoms with Gasteiger partial charge in [0.25, 0.3) is 0 Å². The lowest BCUT2D eigenvalue weighted by Gasteiger charge is -2.15. The molecule has 1 aromatic rings. The number of carbonyl (C=O) groups is 2. The Labute approximate surface area is 108 Å². The van der Waals surface area contributed by atoms with Gasteiger partial charge in [0.1, 0.15) is 5.75 Å². The third-order valence-electron chi connectivity index (χ3n) is 2.69. The van der Waals surface area contributed by atoms with Crippen LogP contribution in [0.25, 0.3) is 0 Å². The van der Waals surface area contributed by atoms with E-state index >= 15 is 0 Å². The smallest absolute Gasteiger partial charge is 0.336 e. The zero-order chi connectivity index (χ0) is 14.6. The normalized spacial score (nSPS) is 10.4. The summed E-state index contributed by atoms with van der Waals surface area (Å²) in [5, 5.41) is 45.7. The summed E-state index contributed by atoms with van der Waals surface area (Å²) in [6.45, 7) is -0.817. The van der Waals surface area contributed by atoms with Crippen molar-refractivity contribution in [2.45, 2.75) is 12.8 Å². The monoisotopic (exact) mass is 270 g/mol. The van der Waals surface area contributed by atoms with Crippen LogP contribution >= 0.6 is 0 Å². The van der Waals surface area contributed by atoms with E-state index in [1.807, 2.05) is 0 Å². The van der Waals surface area contributed by atoms with Crippen LogP contribution in [0.15, 0.2) is 6.07 Å². The van der Waals surface area contributed by atoms with Crippen LogP contribution in [0.2, 0.25) is 0 Å². The van der Waals surface area contributed by atoms with Crippen molar-refractivity contribution in [3.63, 3.8) is 0 Å². The van der Waals surface area contributed by atoms with Crippen molar-refractivity contribution in [1.82, 2.24) is 0 Å². The third kappa shape index (κ3) is 3.01. The average Bonchev–Trinajstić information content (AvgIpc) is 2.32. The number of aromatic carboxylic acids is 2. The van der Waals surface area contributed by atoms with Gasteiger partial charge in [-0.05, 0) is 18.1 Å². The van der Waals surface area contributed by atoms with E-state index in [2.05, 4.69) is 0 Å². The predicted molar refractivity (Wildman–Crippen MR) is 63.6 cm³/mol. The number of hydrogen-bond acceptors (Lipinski definition) is 5. The Morgan fingerprint density at radius 2 is 1.47 bits per heavy atom. The summed E-state index contributed by atoms with van der Waals surface area (Å²) in [6, 6.07) is 0.935. The molecule has 7 heteroatoms. The summed E-state index contributed by atoms with van der Waals surface area (Å²) < 4.78 is 0. The second-order valence-corrected chi connectivity index (χ2v) is 3.83. The molecule has 0 unspecified atom stereocenters. The fourth-order valence-electron chi connectivity index (χ4n) is 1.94. The highest BCUT2D eigenvalue weighted by Crippen LogP contribution is 2.29. The van der Waals surface area contributed by atoms with E-state index in [1.54, 1.807) is 0 Å². The molecule has 0 saturated heterocycles. The predicted octanol–water partition coefficient (Wildman–Crippen LogP) is -0.142. The number of rotatable bonds is 6. The van der Waals surface area contributed by atoms with E-state index in [0.29, 0.717) is 0 Å². The van der Waals surface area contributed by atoms with Crippen LogP contribution in [0.5, 0.6) is 5.75 Å². The minimum atomic E-state index is -1.41. The van der Waals surface area contributed by atoms with Crippen molar-refractivity contribution in [1.29, 1.82) is 0 Å². The number of phenolic OH excluding ortho intramolecular Hbond substituents is 1. The fraction of sp³-hybridized carbons (Fsp3) is 0.333. The lowest BCUT2D eigenvalue weighted by molar-refractivity contribution is 0.0693. The van der Waals surface area contributed by atoms with Gasteiger partial charge in [0.15, 0.2) is 0 Å². The number of carboxylic acids is 2. The van der Waals surface area contributed by atoms with Crippen molar-refractivity contribution in [2.75, 3.05) is 13.2 Å². The number of phenols is 1. The minimum absolute atomic E-state index is 0.0385. The standard InChI is InChI=1S/C12H14O7/c13-3-1-6-8(11(16)17)5-9(15)7(2-4-14)10(6)12(18)19/h5,13-15H,1-4H2,(H,16,17)(H,18,19). The van der Waals surface area contributed by atoms with E-state index in [4.69, 9.17) is 20.4 Å². The van der Waals surface area contributed by atoms with Crippen LogP contribution in [-0.2, 0) is 12.8 Å². The average molecular weight is 270 g/mol. The lowest BCUT2D eigenvalue weighted by atomic mass is 9.91. The third-order valence-corrected chi connectivity index (χ3v) is 2.69. The zero-order valence-electron chi connectivity index (χ0n) is 9.96. The quantitative estimate of drug-likeness (QED) is 0.485. The van der Waals surface area contributed by atoms with Crippen molar-refractivity contribution in [3.8, 4) is 5.75 Å². The molecule has 1 aromatic carbocycles. The van der Waals surface area contributed by atoms with Crippen LogP contribution in [0.4, 0.5) is 0 Å². The molecule has 0 amide bonds. The Morgan fingerprint density at radius 3 is 1.89 bits per heavy atom. The second-order valence-electron chi connectivity index (χ2n) is 3.83. The van der Waals surface area contributed by atoms with Crippen molar-refractivity contribution < 1.29 is 35.1 Å². The molecule has 0 heterocycles. The Kier molecular flexibility index (Phi) is 4.85. The largest absolute Gasteiger partial charge is 0.508 e. The van der Waals surface area contributed by atoms with Crippen LogP contribution in [0, 0.1) is 0 Å². The topological polar surface area (TPSA) is 135 Å². The molecule has 0 fully saturated rings. The van der Waals surface area contributed by atoms with Crippen LogP contribution in [0.3, 0.4) is 0 Å². The number of hydrogen-bond donors (Lipinski definition) is 5. The molecule has 0 spiro atoms. The molecule has 0 aliphatic rings. The molecule has 0 bridgehead atoms. The summed E-state index contributed by atoms with van der Waals surface area (Å²) in [4.78, 5) is 22.3. The van der Waals surface area contributed by atoms with Gasteiger partial charge in [-0.3, -0.25) is 0 Å². The van der Waals surface area contributed by atoms with Crippen molar-refractivity contribution >= 4 is 11.9 Å². The summed E-state index contributed by atoms with van der Waals surface area (Å²) in [5.41, 5.74) is -0.849. The van der Waals surface area contributed by atoms with Crippen LogP contribution < -0.4 is 0 Å². The Bertz CT molecular complexity index is 507. The van der Waals surface area contributed by atoms with Gasteiger partial charge in [0, 0.05) is 25.2 Å². The maximum atomic E-state index is 11.3. The molecule has 0 aromatic heterocycles. The minimum Gasteiger partial charge on any atom is -0.508 e. The Balaban J connectivity index is 3.64. The van der Waals surface area contributed by atoms with Crippen LogP contribution in [-0.4, -0.2) is 50.7 Å². The van der Waals surface area contributed by atoms with Gasteiger partial charge < -0.3 is 25.5 Å². The molecule has 104 valence electrons. The molecule has 19 heavy (non-hydrogen) atoms. The van der Waals surface area contributed by atoms with E-state index in [1.165, 1.54) is 0 Å². The number of aromatic hydroxyl groups is 1. The number of carboxylic acid groups (broad SMARTS) is 2. The first-order chi connectivity index (χ1) is 8.93. The van der Waals surface area contributed by atoms with Gasteiger partial charge in [-0.15, -0.1) is 0 Å². The van der Waals surface area contributed by atoms with Crippen molar-refractivity contribution in [2.24, 2.45) is 0 Å². The summed E-state index contributed by atoms with van der Waals surface area (Å²) in [5.74, 6) is -3.30. The highest BCUT2D eigenvalue weighted by Gasteiger charge is 2.24. The van der Waals surface area contributed by atoms with Gasteiger partial charge >= 0.3 is 11.9 Å². The Hall–Kier alpha value is -2.12. The Morgan fingerprint density at radius 1 is 0.947 bits per heavy atom.